The molecule has 5 atom stereocenters. The van der Waals surface area contributed by atoms with Crippen LogP contribution in [0.1, 0.15) is 53.4 Å². The van der Waals surface area contributed by atoms with Crippen molar-refractivity contribution in [1.82, 2.24) is 0 Å². The van der Waals surface area contributed by atoms with Gasteiger partial charge in [0.1, 0.15) is 31.0 Å². The van der Waals surface area contributed by atoms with Crippen molar-refractivity contribution in [2.24, 2.45) is 5.11 Å². The van der Waals surface area contributed by atoms with Gasteiger partial charge in [0.15, 0.2) is 0 Å². The Balaban J connectivity index is 3.14. The van der Waals surface area contributed by atoms with E-state index in [0.717, 1.165) is 25.7 Å². The topological polar surface area (TPSA) is 129 Å². The van der Waals surface area contributed by atoms with Crippen LogP contribution in [-0.2, 0) is 33.3 Å². The Kier molecular flexibility index (Phi) is 11.5. The zero-order valence-corrected chi connectivity index (χ0v) is 17.0. The average Bonchev–Trinajstić information content (AvgIpc) is 2.63. The maximum atomic E-state index is 11.5. The predicted octanol–water partition coefficient (Wildman–Crippen LogP) is 2.89. The molecule has 0 N–H and O–H groups in total. The third-order valence-corrected chi connectivity index (χ3v) is 4.15. The molecule has 1 aliphatic rings. The summed E-state index contributed by atoms with van der Waals surface area (Å²) in [6.07, 6.45) is 0.212. The zero-order valence-electron chi connectivity index (χ0n) is 17.0. The molecule has 1 rings (SSSR count). The van der Waals surface area contributed by atoms with E-state index in [0.29, 0.717) is 13.2 Å². The molecule has 0 spiro atoms. The van der Waals surface area contributed by atoms with Crippen LogP contribution >= 0.6 is 0 Å². The number of carbonyl (C=O) groups excluding carboxylic acids is 2. The first-order valence-corrected chi connectivity index (χ1v) is 9.68. The van der Waals surface area contributed by atoms with Gasteiger partial charge in [-0.3, -0.25) is 9.59 Å². The van der Waals surface area contributed by atoms with Crippen LogP contribution in [0.15, 0.2) is 5.11 Å². The van der Waals surface area contributed by atoms with Crippen molar-refractivity contribution < 1.29 is 33.3 Å². The molecule has 1 fully saturated rings. The van der Waals surface area contributed by atoms with Crippen LogP contribution in [0.5, 0.6) is 0 Å². The second-order valence-electron chi connectivity index (χ2n) is 6.53. The number of unbranched alkanes of at least 4 members (excludes halogenated alkanes) is 2. The van der Waals surface area contributed by atoms with Gasteiger partial charge in [-0.25, -0.2) is 0 Å². The number of rotatable bonds is 12. The highest BCUT2D eigenvalue weighted by molar-refractivity contribution is 5.66. The molecule has 0 aromatic heterocycles. The van der Waals surface area contributed by atoms with Crippen LogP contribution in [0.4, 0.5) is 0 Å². The predicted molar refractivity (Wildman–Crippen MR) is 99.3 cm³/mol. The van der Waals surface area contributed by atoms with Crippen molar-refractivity contribution in [3.63, 3.8) is 0 Å². The summed E-state index contributed by atoms with van der Waals surface area (Å²) >= 11 is 0. The Hall–Kier alpha value is -1.87. The van der Waals surface area contributed by atoms with Crippen LogP contribution < -0.4 is 0 Å². The minimum absolute atomic E-state index is 0.0967. The van der Waals surface area contributed by atoms with Crippen LogP contribution in [0.3, 0.4) is 0 Å². The van der Waals surface area contributed by atoms with Gasteiger partial charge in [0.2, 0.25) is 6.29 Å². The van der Waals surface area contributed by atoms with Gasteiger partial charge in [-0.2, -0.15) is 0 Å². The van der Waals surface area contributed by atoms with E-state index in [1.54, 1.807) is 0 Å². The van der Waals surface area contributed by atoms with Gasteiger partial charge in [0, 0.05) is 32.0 Å². The molecule has 0 radical (unpaired) electrons. The van der Waals surface area contributed by atoms with E-state index in [9.17, 15) is 9.59 Å². The van der Waals surface area contributed by atoms with Crippen molar-refractivity contribution in [2.45, 2.75) is 84.0 Å². The first kappa shape index (κ1) is 24.2. The summed E-state index contributed by atoms with van der Waals surface area (Å²) in [5.74, 6) is -1.06. The average molecular weight is 401 g/mol. The lowest BCUT2D eigenvalue weighted by molar-refractivity contribution is -0.274. The van der Waals surface area contributed by atoms with E-state index < -0.39 is 42.6 Å². The molecule has 0 saturated carbocycles. The van der Waals surface area contributed by atoms with E-state index in [1.165, 1.54) is 13.8 Å². The molecular weight excluding hydrogens is 370 g/mol. The molecule has 10 nitrogen and oxygen atoms in total. The van der Waals surface area contributed by atoms with Gasteiger partial charge in [-0.1, -0.05) is 31.8 Å². The quantitative estimate of drug-likeness (QED) is 0.162. The van der Waals surface area contributed by atoms with E-state index in [2.05, 4.69) is 10.0 Å². The highest BCUT2D eigenvalue weighted by atomic mass is 16.7. The number of azide groups is 1. The first-order chi connectivity index (χ1) is 13.4. The van der Waals surface area contributed by atoms with Crippen molar-refractivity contribution in [1.29, 1.82) is 0 Å². The summed E-state index contributed by atoms with van der Waals surface area (Å²) in [6, 6.07) is -0.925. The number of nitrogens with zero attached hydrogens (tertiary/aromatic N) is 3. The van der Waals surface area contributed by atoms with Crippen molar-refractivity contribution in [2.75, 3.05) is 19.8 Å². The van der Waals surface area contributed by atoms with Gasteiger partial charge in [-0.15, -0.1) is 0 Å². The van der Waals surface area contributed by atoms with Crippen LogP contribution in [0, 0.1) is 0 Å². The molecule has 1 aliphatic heterocycles. The van der Waals surface area contributed by atoms with Crippen molar-refractivity contribution in [3.05, 3.63) is 10.4 Å². The zero-order chi connectivity index (χ0) is 20.9. The second kappa shape index (κ2) is 13.3. The summed E-state index contributed by atoms with van der Waals surface area (Å²) in [5, 5.41) is 3.75. The molecule has 1 saturated heterocycles. The maximum absolute atomic E-state index is 11.5. The third kappa shape index (κ3) is 8.02. The molecule has 160 valence electrons. The van der Waals surface area contributed by atoms with Crippen molar-refractivity contribution in [3.8, 4) is 0 Å². The smallest absolute Gasteiger partial charge is 0.304 e. The van der Waals surface area contributed by atoms with E-state index >= 15 is 0 Å². The van der Waals surface area contributed by atoms with Gasteiger partial charge in [0.05, 0.1) is 0 Å². The van der Waals surface area contributed by atoms with Crippen LogP contribution in [0.2, 0.25) is 0 Å². The summed E-state index contributed by atoms with van der Waals surface area (Å²) in [6.45, 7) is 7.34. The molecule has 0 aromatic rings. The molecule has 0 bridgehead atoms. The Labute approximate surface area is 165 Å². The minimum Gasteiger partial charge on any atom is -0.463 e. The first-order valence-electron chi connectivity index (χ1n) is 9.68. The lowest BCUT2D eigenvalue weighted by atomic mass is 9.96. The van der Waals surface area contributed by atoms with Gasteiger partial charge in [0.25, 0.3) is 0 Å². The summed E-state index contributed by atoms with van der Waals surface area (Å²) in [5.41, 5.74) is 9.00. The molecule has 28 heavy (non-hydrogen) atoms. The van der Waals surface area contributed by atoms with E-state index in [1.807, 2.05) is 13.8 Å². The Bertz CT molecular complexity index is 539. The minimum atomic E-state index is -1.16. The maximum Gasteiger partial charge on any atom is 0.304 e. The third-order valence-electron chi connectivity index (χ3n) is 4.15. The highest BCUT2D eigenvalue weighted by Gasteiger charge is 2.49. The van der Waals surface area contributed by atoms with E-state index in [4.69, 9.17) is 29.2 Å². The van der Waals surface area contributed by atoms with Gasteiger partial charge >= 0.3 is 11.9 Å². The number of ether oxygens (including phenoxy) is 5. The number of carbonyl (C=O) groups is 2. The fourth-order valence-electron chi connectivity index (χ4n) is 2.79. The van der Waals surface area contributed by atoms with Gasteiger partial charge in [-0.05, 0) is 18.4 Å². The van der Waals surface area contributed by atoms with Crippen LogP contribution in [-0.4, -0.2) is 62.4 Å². The second-order valence-corrected chi connectivity index (χ2v) is 6.53. The largest absolute Gasteiger partial charge is 0.463 e. The summed E-state index contributed by atoms with van der Waals surface area (Å²) < 4.78 is 28.1. The highest BCUT2D eigenvalue weighted by Crippen LogP contribution is 2.30. The molecular formula is C18H31N3O7. The molecule has 10 heteroatoms. The lowest BCUT2D eigenvalue weighted by Crippen LogP contribution is -2.60. The Morgan fingerprint density at radius 1 is 1.04 bits per heavy atom. The summed E-state index contributed by atoms with van der Waals surface area (Å²) in [7, 11) is 0. The SMILES string of the molecule is CCCCOC1C(N=[N+]=[N-])C(OC(C)=O)OC(COC(C)=O)[C@H]1OCCCC. The lowest BCUT2D eigenvalue weighted by Gasteiger charge is -2.44. The Morgan fingerprint density at radius 3 is 2.14 bits per heavy atom. The Morgan fingerprint density at radius 2 is 1.64 bits per heavy atom. The molecule has 0 aliphatic carbocycles. The molecule has 0 amide bonds. The van der Waals surface area contributed by atoms with Crippen LogP contribution in [0.25, 0.3) is 10.4 Å². The number of hydrogen-bond donors (Lipinski definition) is 0. The normalized spacial score (nSPS) is 26.9. The fourth-order valence-corrected chi connectivity index (χ4v) is 2.79. The van der Waals surface area contributed by atoms with E-state index in [-0.39, 0.29) is 6.61 Å². The monoisotopic (exact) mass is 401 g/mol. The van der Waals surface area contributed by atoms with Gasteiger partial charge < -0.3 is 23.7 Å². The van der Waals surface area contributed by atoms with Crippen molar-refractivity contribution >= 4 is 11.9 Å². The number of esters is 2. The molecule has 0 aromatic carbocycles. The molecule has 1 heterocycles. The fraction of sp³-hybridized carbons (Fsp3) is 0.889. The molecule has 4 unspecified atom stereocenters. The standard InChI is InChI=1S/C18H31N3O7/c1-5-7-9-24-16-14(11-26-12(3)22)28-18(27-13(4)23)15(20-21-19)17(16)25-10-8-6-2/h14-18H,5-11H2,1-4H3/t14?,15?,16-,17?,18?/m1/s1. The summed E-state index contributed by atoms with van der Waals surface area (Å²) in [4.78, 5) is 25.6. The number of hydrogen-bond acceptors (Lipinski definition) is 8.